The number of hydrogen-bond acceptors (Lipinski definition) is 5. The molecule has 1 unspecified atom stereocenters. The highest BCUT2D eigenvalue weighted by Gasteiger charge is 2.32. The van der Waals surface area contributed by atoms with E-state index in [1.807, 2.05) is 0 Å². The Kier molecular flexibility index (Phi) is 4.11. The Hall–Kier alpha value is -1.56. The molecule has 1 heterocycles. The van der Waals surface area contributed by atoms with Gasteiger partial charge in [-0.3, -0.25) is 24.0 Å². The van der Waals surface area contributed by atoms with Crippen molar-refractivity contribution in [2.24, 2.45) is 0 Å². The standard InChI is InChI=1S/C9H9NO5/c11-5-1-2-7(6-12)15-10-8(13)3-4-9(10)14/h7H,1-4H2. The van der Waals surface area contributed by atoms with E-state index in [4.69, 9.17) is 4.84 Å². The van der Waals surface area contributed by atoms with Crippen molar-refractivity contribution in [3.63, 3.8) is 0 Å². The van der Waals surface area contributed by atoms with Crippen LogP contribution in [0.4, 0.5) is 0 Å². The first kappa shape index (κ1) is 11.5. The Bertz CT molecular complexity index is 272. The highest BCUT2D eigenvalue weighted by Crippen LogP contribution is 2.14. The van der Waals surface area contributed by atoms with Gasteiger partial charge in [0.1, 0.15) is 0 Å². The van der Waals surface area contributed by atoms with E-state index in [2.05, 4.69) is 0 Å². The summed E-state index contributed by atoms with van der Waals surface area (Å²) < 4.78 is 0. The normalized spacial score (nSPS) is 18.0. The summed E-state index contributed by atoms with van der Waals surface area (Å²) in [6, 6.07) is 0. The zero-order valence-corrected chi connectivity index (χ0v) is 7.89. The number of carbonyl (C=O) groups is 2. The molecule has 0 aromatic carbocycles. The van der Waals surface area contributed by atoms with E-state index in [1.165, 1.54) is 6.29 Å². The second-order valence-electron chi connectivity index (χ2n) is 2.98. The average Bonchev–Trinajstić information content (AvgIpc) is 2.55. The first-order valence-electron chi connectivity index (χ1n) is 4.44. The second-order valence-corrected chi connectivity index (χ2v) is 2.98. The minimum absolute atomic E-state index is 0.00384. The lowest BCUT2D eigenvalue weighted by Crippen LogP contribution is -2.34. The van der Waals surface area contributed by atoms with Gasteiger partial charge in [-0.25, -0.2) is 0 Å². The Balaban J connectivity index is 2.50. The Morgan fingerprint density at radius 2 is 1.87 bits per heavy atom. The third-order valence-electron chi connectivity index (χ3n) is 1.88. The molecule has 6 nitrogen and oxygen atoms in total. The summed E-state index contributed by atoms with van der Waals surface area (Å²) in [7, 11) is 0. The monoisotopic (exact) mass is 211 g/mol. The van der Waals surface area contributed by atoms with Crippen LogP contribution in [0.1, 0.15) is 25.7 Å². The third kappa shape index (κ3) is 2.95. The zero-order chi connectivity index (χ0) is 11.3. The first-order chi connectivity index (χ1) is 7.19. The van der Waals surface area contributed by atoms with Crippen molar-refractivity contribution >= 4 is 24.4 Å². The molecule has 1 aliphatic heterocycles. The summed E-state index contributed by atoms with van der Waals surface area (Å²) in [4.78, 5) is 47.3. The maximum Gasteiger partial charge on any atom is 0.254 e. The van der Waals surface area contributed by atoms with E-state index in [0.717, 1.165) is 0 Å². The van der Waals surface area contributed by atoms with Crippen LogP contribution in [-0.4, -0.2) is 35.6 Å². The van der Waals surface area contributed by atoms with Gasteiger partial charge in [0.2, 0.25) is 6.29 Å². The summed E-state index contributed by atoms with van der Waals surface area (Å²) >= 11 is 0. The molecule has 0 bridgehead atoms. The first-order valence-corrected chi connectivity index (χ1v) is 4.44. The molecule has 1 atom stereocenters. The van der Waals surface area contributed by atoms with E-state index in [1.54, 1.807) is 6.29 Å². The van der Waals surface area contributed by atoms with E-state index >= 15 is 0 Å². The van der Waals surface area contributed by atoms with Gasteiger partial charge in [-0.1, -0.05) is 0 Å². The van der Waals surface area contributed by atoms with Crippen LogP contribution in [0.2, 0.25) is 0 Å². The quantitative estimate of drug-likeness (QED) is 0.550. The second kappa shape index (κ2) is 5.35. The lowest BCUT2D eigenvalue weighted by atomic mass is 10.2. The molecule has 0 spiro atoms. The Labute approximate surface area is 86.1 Å². The van der Waals surface area contributed by atoms with E-state index in [0.29, 0.717) is 5.06 Å². The van der Waals surface area contributed by atoms with Crippen molar-refractivity contribution in [3.05, 3.63) is 0 Å². The maximum absolute atomic E-state index is 11.1. The van der Waals surface area contributed by atoms with E-state index < -0.39 is 17.9 Å². The molecule has 2 amide bonds. The van der Waals surface area contributed by atoms with Gasteiger partial charge < -0.3 is 0 Å². The molecule has 80 valence electrons. The van der Waals surface area contributed by atoms with Gasteiger partial charge >= 0.3 is 0 Å². The van der Waals surface area contributed by atoms with Crippen LogP contribution < -0.4 is 0 Å². The van der Waals surface area contributed by atoms with Crippen LogP contribution in [0.15, 0.2) is 0 Å². The molecule has 1 saturated heterocycles. The predicted molar refractivity (Wildman–Crippen MR) is 46.6 cm³/mol. The zero-order valence-electron chi connectivity index (χ0n) is 7.89. The van der Waals surface area contributed by atoms with Crippen LogP contribution in [0.25, 0.3) is 0 Å². The largest absolute Gasteiger partial charge is 0.291 e. The lowest BCUT2D eigenvalue weighted by Gasteiger charge is -2.16. The number of imide groups is 1. The number of hydroxylamine groups is 2. The van der Waals surface area contributed by atoms with Crippen molar-refractivity contribution in [2.75, 3.05) is 0 Å². The van der Waals surface area contributed by atoms with Crippen molar-refractivity contribution in [2.45, 2.75) is 31.8 Å². The fourth-order valence-corrected chi connectivity index (χ4v) is 1.12. The SMILES string of the molecule is O=[C]CCC([C]=O)ON1C(=O)CCC1=O. The predicted octanol–water partition coefficient (Wildman–Crippen LogP) is -0.565. The number of carbonyl (C=O) groups excluding carboxylic acids is 4. The van der Waals surface area contributed by atoms with Gasteiger partial charge in [0.05, 0.1) is 0 Å². The molecular weight excluding hydrogens is 202 g/mol. The van der Waals surface area contributed by atoms with Crippen LogP contribution in [0.5, 0.6) is 0 Å². The molecule has 1 aliphatic rings. The molecule has 1 rings (SSSR count). The minimum atomic E-state index is -1.07. The Morgan fingerprint density at radius 3 is 2.33 bits per heavy atom. The number of hydrogen-bond donors (Lipinski definition) is 0. The van der Waals surface area contributed by atoms with E-state index in [-0.39, 0.29) is 25.7 Å². The lowest BCUT2D eigenvalue weighted by molar-refractivity contribution is -0.194. The molecule has 0 aromatic rings. The highest BCUT2D eigenvalue weighted by atomic mass is 16.7. The van der Waals surface area contributed by atoms with Crippen molar-refractivity contribution < 1.29 is 24.0 Å². The number of rotatable bonds is 6. The fraction of sp³-hybridized carbons (Fsp3) is 0.556. The molecule has 15 heavy (non-hydrogen) atoms. The summed E-state index contributed by atoms with van der Waals surface area (Å²) in [5.41, 5.74) is 0. The number of amides is 2. The van der Waals surface area contributed by atoms with Gasteiger partial charge in [0, 0.05) is 19.3 Å². The third-order valence-corrected chi connectivity index (χ3v) is 1.88. The topological polar surface area (TPSA) is 80.8 Å². The van der Waals surface area contributed by atoms with Crippen molar-refractivity contribution in [1.29, 1.82) is 0 Å². The summed E-state index contributed by atoms with van der Waals surface area (Å²) in [5.74, 6) is -0.953. The fourth-order valence-electron chi connectivity index (χ4n) is 1.12. The molecule has 0 aliphatic carbocycles. The number of nitrogens with zero attached hydrogens (tertiary/aromatic N) is 1. The molecule has 6 heteroatoms. The van der Waals surface area contributed by atoms with Crippen LogP contribution >= 0.6 is 0 Å². The smallest absolute Gasteiger partial charge is 0.254 e. The van der Waals surface area contributed by atoms with Gasteiger partial charge in [-0.15, -0.1) is 0 Å². The van der Waals surface area contributed by atoms with Gasteiger partial charge in [-0.2, -0.15) is 5.06 Å². The van der Waals surface area contributed by atoms with Crippen molar-refractivity contribution in [3.8, 4) is 0 Å². The average molecular weight is 211 g/mol. The van der Waals surface area contributed by atoms with E-state index in [9.17, 15) is 19.2 Å². The summed E-state index contributed by atoms with van der Waals surface area (Å²) in [5, 5.41) is 0.570. The Morgan fingerprint density at radius 1 is 1.27 bits per heavy atom. The molecule has 2 radical (unpaired) electrons. The van der Waals surface area contributed by atoms with Gasteiger partial charge in [0.15, 0.2) is 12.4 Å². The molecule has 1 fully saturated rings. The summed E-state index contributed by atoms with van der Waals surface area (Å²) in [6.45, 7) is 0. The van der Waals surface area contributed by atoms with Crippen LogP contribution in [0, 0.1) is 0 Å². The summed E-state index contributed by atoms with van der Waals surface area (Å²) in [6.07, 6.45) is 2.25. The van der Waals surface area contributed by atoms with Crippen LogP contribution in [-0.2, 0) is 24.0 Å². The van der Waals surface area contributed by atoms with Crippen molar-refractivity contribution in [1.82, 2.24) is 5.06 Å². The molecular formula is C9H9NO5. The maximum atomic E-state index is 11.1. The highest BCUT2D eigenvalue weighted by molar-refractivity contribution is 6.00. The molecule has 0 aromatic heterocycles. The molecule has 0 saturated carbocycles. The van der Waals surface area contributed by atoms with Gasteiger partial charge in [0.25, 0.3) is 11.8 Å². The molecule has 0 N–H and O–H groups in total. The minimum Gasteiger partial charge on any atom is -0.291 e. The van der Waals surface area contributed by atoms with Gasteiger partial charge in [-0.05, 0) is 6.42 Å². The van der Waals surface area contributed by atoms with Crippen LogP contribution in [0.3, 0.4) is 0 Å².